The third kappa shape index (κ3) is 2.84. The van der Waals surface area contributed by atoms with Gasteiger partial charge in [-0.05, 0) is 26.4 Å². The first-order valence-corrected chi connectivity index (χ1v) is 8.65. The number of rotatable bonds is 2. The summed E-state index contributed by atoms with van der Waals surface area (Å²) in [6.07, 6.45) is 1.68. The molecular formula is C15H22N2OS. The molecule has 0 bridgehead atoms. The Morgan fingerprint density at radius 1 is 1.37 bits per heavy atom. The van der Waals surface area contributed by atoms with Gasteiger partial charge < -0.3 is 0 Å². The van der Waals surface area contributed by atoms with E-state index < -0.39 is 9.52 Å². The third-order valence-corrected chi connectivity index (χ3v) is 4.08. The summed E-state index contributed by atoms with van der Waals surface area (Å²) in [7, 11) is -0.133. The molecule has 1 aromatic carbocycles. The lowest BCUT2D eigenvalue weighted by atomic mass is 9.85. The molecule has 104 valence electrons. The predicted molar refractivity (Wildman–Crippen MR) is 84.3 cm³/mol. The molecule has 0 fully saturated rings. The number of aryl methyl sites for hydroxylation is 1. The minimum atomic E-state index is -2.08. The van der Waals surface area contributed by atoms with Crippen LogP contribution in [0, 0.1) is 0 Å². The van der Waals surface area contributed by atoms with Gasteiger partial charge in [-0.3, -0.25) is 8.89 Å². The number of para-hydroxylation sites is 1. The van der Waals surface area contributed by atoms with Crippen LogP contribution in [0.3, 0.4) is 0 Å². The maximum atomic E-state index is 11.9. The van der Waals surface area contributed by atoms with Gasteiger partial charge in [-0.1, -0.05) is 39.0 Å². The van der Waals surface area contributed by atoms with Crippen LogP contribution in [-0.4, -0.2) is 26.1 Å². The van der Waals surface area contributed by atoms with Crippen molar-refractivity contribution in [2.45, 2.75) is 31.9 Å². The van der Waals surface area contributed by atoms with Crippen LogP contribution in [0.25, 0.3) is 10.9 Å². The van der Waals surface area contributed by atoms with Gasteiger partial charge in [0, 0.05) is 18.7 Å². The van der Waals surface area contributed by atoms with Crippen molar-refractivity contribution in [3.8, 4) is 0 Å². The normalized spacial score (nSPS) is 15.6. The molecule has 0 amide bonds. The Morgan fingerprint density at radius 3 is 2.53 bits per heavy atom. The zero-order valence-corrected chi connectivity index (χ0v) is 13.2. The number of fused-ring (bicyclic) bond motifs is 1. The van der Waals surface area contributed by atoms with Crippen molar-refractivity contribution in [3.63, 3.8) is 0 Å². The fraction of sp³-hybridized carbons (Fsp3) is 0.467. The Morgan fingerprint density at radius 2 is 2.00 bits per heavy atom. The molecule has 0 saturated heterocycles. The predicted octanol–water partition coefficient (Wildman–Crippen LogP) is 2.72. The highest BCUT2D eigenvalue weighted by molar-refractivity contribution is 7.98. The molecule has 0 radical (unpaired) electrons. The number of nitrogens with zero attached hydrogens (tertiary/aromatic N) is 2. The molecule has 0 aliphatic carbocycles. The molecule has 1 aromatic heterocycles. The lowest BCUT2D eigenvalue weighted by Crippen LogP contribution is -2.12. The van der Waals surface area contributed by atoms with Gasteiger partial charge in [0.1, 0.15) is 0 Å². The first kappa shape index (κ1) is 14.1. The smallest absolute Gasteiger partial charge is 0.0822 e. The standard InChI is InChI=1S/C15H22N2OS/c1-15(2,3)12-9-7-8-11-13(10-19(5,6)18)16-17(4)14(11)12/h7-9H,5,10H2,1-4,6H3. The molecule has 0 N–H and O–H groups in total. The van der Waals surface area contributed by atoms with Crippen molar-refractivity contribution < 1.29 is 4.21 Å². The van der Waals surface area contributed by atoms with Crippen molar-refractivity contribution >= 4 is 26.3 Å². The topological polar surface area (TPSA) is 34.9 Å². The summed E-state index contributed by atoms with van der Waals surface area (Å²) in [6.45, 7) is 6.58. The maximum Gasteiger partial charge on any atom is 0.0822 e. The SMILES string of the molecule is C=S(C)(=O)Cc1nn(C)c2c(C(C)(C)C)cccc12. The first-order chi connectivity index (χ1) is 8.59. The van der Waals surface area contributed by atoms with Crippen LogP contribution < -0.4 is 0 Å². The fourth-order valence-corrected chi connectivity index (χ4v) is 3.20. The quantitative estimate of drug-likeness (QED) is 0.792. The van der Waals surface area contributed by atoms with Crippen LogP contribution in [0.4, 0.5) is 0 Å². The molecule has 2 rings (SSSR count). The molecule has 0 spiro atoms. The van der Waals surface area contributed by atoms with Gasteiger partial charge in [-0.25, -0.2) is 0 Å². The van der Waals surface area contributed by atoms with Crippen molar-refractivity contribution in [2.24, 2.45) is 7.05 Å². The number of benzene rings is 1. The highest BCUT2D eigenvalue weighted by Crippen LogP contribution is 2.31. The number of aromatic nitrogens is 2. The second-order valence-electron chi connectivity index (χ2n) is 6.35. The van der Waals surface area contributed by atoms with Gasteiger partial charge >= 0.3 is 0 Å². The molecule has 2 aromatic rings. The van der Waals surface area contributed by atoms with Crippen molar-refractivity contribution in [1.82, 2.24) is 9.78 Å². The van der Waals surface area contributed by atoms with E-state index in [1.807, 2.05) is 11.7 Å². The lowest BCUT2D eigenvalue weighted by molar-refractivity contribution is 0.590. The third-order valence-electron chi connectivity index (χ3n) is 3.19. The van der Waals surface area contributed by atoms with E-state index >= 15 is 0 Å². The zero-order valence-electron chi connectivity index (χ0n) is 12.4. The van der Waals surface area contributed by atoms with Gasteiger partial charge in [-0.2, -0.15) is 5.10 Å². The highest BCUT2D eigenvalue weighted by Gasteiger charge is 2.21. The monoisotopic (exact) mass is 278 g/mol. The Labute approximate surface area is 115 Å². The summed E-state index contributed by atoms with van der Waals surface area (Å²) < 4.78 is 13.8. The van der Waals surface area contributed by atoms with Gasteiger partial charge in [-0.15, -0.1) is 0 Å². The summed E-state index contributed by atoms with van der Waals surface area (Å²) in [5, 5.41) is 5.64. The molecule has 3 nitrogen and oxygen atoms in total. The Kier molecular flexibility index (Phi) is 3.25. The zero-order chi connectivity index (χ0) is 14.4. The summed E-state index contributed by atoms with van der Waals surface area (Å²) in [5.41, 5.74) is 3.33. The summed E-state index contributed by atoms with van der Waals surface area (Å²) in [6, 6.07) is 6.24. The van der Waals surface area contributed by atoms with Crippen LogP contribution in [-0.2, 0) is 27.7 Å². The molecule has 0 aliphatic heterocycles. The van der Waals surface area contributed by atoms with E-state index in [1.54, 1.807) is 6.26 Å². The van der Waals surface area contributed by atoms with Crippen molar-refractivity contribution in [3.05, 3.63) is 29.5 Å². The van der Waals surface area contributed by atoms with E-state index in [2.05, 4.69) is 49.9 Å². The van der Waals surface area contributed by atoms with Gasteiger partial charge in [0.05, 0.1) is 17.0 Å². The summed E-state index contributed by atoms with van der Waals surface area (Å²) in [5.74, 6) is 4.16. The van der Waals surface area contributed by atoms with Gasteiger partial charge in [0.25, 0.3) is 0 Å². The van der Waals surface area contributed by atoms with Crippen LogP contribution >= 0.6 is 0 Å². The Bertz CT molecular complexity index is 718. The first-order valence-electron chi connectivity index (χ1n) is 6.34. The Balaban J connectivity index is 2.74. The van der Waals surface area contributed by atoms with E-state index in [4.69, 9.17) is 0 Å². The van der Waals surface area contributed by atoms with Crippen LogP contribution in [0.15, 0.2) is 18.2 Å². The molecular weight excluding hydrogens is 256 g/mol. The molecule has 0 aliphatic rings. The van der Waals surface area contributed by atoms with E-state index in [0.29, 0.717) is 5.75 Å². The summed E-state index contributed by atoms with van der Waals surface area (Å²) >= 11 is 0. The van der Waals surface area contributed by atoms with Crippen LogP contribution in [0.5, 0.6) is 0 Å². The van der Waals surface area contributed by atoms with E-state index in [0.717, 1.165) is 16.6 Å². The largest absolute Gasteiger partial charge is 0.268 e. The van der Waals surface area contributed by atoms with Crippen molar-refractivity contribution in [1.29, 1.82) is 0 Å². The Hall–Kier alpha value is -1.29. The molecule has 4 heteroatoms. The fourth-order valence-electron chi connectivity index (χ4n) is 2.41. The second kappa shape index (κ2) is 4.37. The molecule has 1 atom stereocenters. The van der Waals surface area contributed by atoms with Gasteiger partial charge in [0.2, 0.25) is 0 Å². The summed E-state index contributed by atoms with van der Waals surface area (Å²) in [4.78, 5) is 0. The minimum absolute atomic E-state index is 0.0582. The number of hydrogen-bond acceptors (Lipinski definition) is 2. The maximum absolute atomic E-state index is 11.9. The minimum Gasteiger partial charge on any atom is -0.268 e. The highest BCUT2D eigenvalue weighted by atomic mass is 32.2. The number of hydrogen-bond donors (Lipinski definition) is 0. The average Bonchev–Trinajstić information content (AvgIpc) is 2.52. The van der Waals surface area contributed by atoms with E-state index in [-0.39, 0.29) is 5.41 Å². The molecule has 19 heavy (non-hydrogen) atoms. The molecule has 1 unspecified atom stereocenters. The molecule has 1 heterocycles. The van der Waals surface area contributed by atoms with Crippen LogP contribution in [0.2, 0.25) is 0 Å². The van der Waals surface area contributed by atoms with E-state index in [9.17, 15) is 4.21 Å². The second-order valence-corrected chi connectivity index (χ2v) is 9.01. The van der Waals surface area contributed by atoms with Crippen molar-refractivity contribution in [2.75, 3.05) is 6.26 Å². The lowest BCUT2D eigenvalue weighted by Gasteiger charge is -2.20. The van der Waals surface area contributed by atoms with Gasteiger partial charge in [0.15, 0.2) is 0 Å². The molecule has 0 saturated carbocycles. The van der Waals surface area contributed by atoms with E-state index in [1.165, 1.54) is 5.56 Å². The average molecular weight is 278 g/mol. The van der Waals surface area contributed by atoms with Crippen LogP contribution in [0.1, 0.15) is 32.0 Å².